The van der Waals surface area contributed by atoms with Crippen LogP contribution in [0.2, 0.25) is 0 Å². The van der Waals surface area contributed by atoms with Crippen molar-refractivity contribution in [3.63, 3.8) is 0 Å². The summed E-state index contributed by atoms with van der Waals surface area (Å²) in [5.41, 5.74) is 3.18. The monoisotopic (exact) mass is 256 g/mol. The van der Waals surface area contributed by atoms with Crippen molar-refractivity contribution in [3.05, 3.63) is 29.7 Å². The number of nitrogens with one attached hydrogen (secondary N) is 1. The van der Waals surface area contributed by atoms with E-state index < -0.39 is 0 Å². The van der Waals surface area contributed by atoms with E-state index in [4.69, 9.17) is 4.42 Å². The van der Waals surface area contributed by atoms with Gasteiger partial charge in [-0.15, -0.1) is 0 Å². The number of para-hydroxylation sites is 1. The van der Waals surface area contributed by atoms with Gasteiger partial charge in [-0.25, -0.2) is 4.98 Å². The lowest BCUT2D eigenvalue weighted by Crippen LogP contribution is -2.38. The molecule has 1 aromatic carbocycles. The number of hydrogen-bond donors (Lipinski definition) is 1. The summed E-state index contributed by atoms with van der Waals surface area (Å²) in [6.07, 6.45) is 6.28. The summed E-state index contributed by atoms with van der Waals surface area (Å²) in [6.45, 7) is 2.10. The SMILES string of the molecule is Cc1cccc2oc(CC3CC4CCC(C3)N4)nc12. The molecule has 2 aromatic rings. The fraction of sp³-hybridized carbons (Fsp3) is 0.562. The zero-order chi connectivity index (χ0) is 12.8. The van der Waals surface area contributed by atoms with Gasteiger partial charge in [0.25, 0.3) is 0 Å². The molecule has 2 unspecified atom stereocenters. The fourth-order valence-corrected chi connectivity index (χ4v) is 3.81. The quantitative estimate of drug-likeness (QED) is 0.896. The summed E-state index contributed by atoms with van der Waals surface area (Å²) in [5, 5.41) is 3.69. The minimum atomic E-state index is 0.743. The van der Waals surface area contributed by atoms with Crippen LogP contribution in [0.1, 0.15) is 37.1 Å². The summed E-state index contributed by atoms with van der Waals surface area (Å²) in [6, 6.07) is 7.64. The molecule has 2 saturated heterocycles. The topological polar surface area (TPSA) is 38.1 Å². The summed E-state index contributed by atoms with van der Waals surface area (Å²) in [7, 11) is 0. The molecule has 2 fully saturated rings. The van der Waals surface area contributed by atoms with E-state index >= 15 is 0 Å². The van der Waals surface area contributed by atoms with Crippen molar-refractivity contribution >= 4 is 11.1 Å². The van der Waals surface area contributed by atoms with Crippen LogP contribution in [-0.2, 0) is 6.42 Å². The number of nitrogens with zero attached hydrogens (tertiary/aromatic N) is 1. The van der Waals surface area contributed by atoms with Crippen molar-refractivity contribution in [2.75, 3.05) is 0 Å². The molecule has 2 atom stereocenters. The summed E-state index contributed by atoms with van der Waals surface area (Å²) in [5.74, 6) is 1.67. The smallest absolute Gasteiger partial charge is 0.195 e. The van der Waals surface area contributed by atoms with Crippen LogP contribution in [0.4, 0.5) is 0 Å². The second kappa shape index (κ2) is 4.34. The van der Waals surface area contributed by atoms with Gasteiger partial charge in [0.15, 0.2) is 11.5 Å². The van der Waals surface area contributed by atoms with Crippen molar-refractivity contribution in [2.24, 2.45) is 5.92 Å². The fourth-order valence-electron chi connectivity index (χ4n) is 3.81. The lowest BCUT2D eigenvalue weighted by atomic mass is 9.90. The molecule has 0 radical (unpaired) electrons. The van der Waals surface area contributed by atoms with Crippen LogP contribution in [0.25, 0.3) is 11.1 Å². The van der Waals surface area contributed by atoms with Crippen LogP contribution in [0.5, 0.6) is 0 Å². The van der Waals surface area contributed by atoms with Gasteiger partial charge in [-0.05, 0) is 50.2 Å². The van der Waals surface area contributed by atoms with Gasteiger partial charge in [-0.3, -0.25) is 0 Å². The summed E-state index contributed by atoms with van der Waals surface area (Å²) >= 11 is 0. The van der Waals surface area contributed by atoms with Gasteiger partial charge in [0.2, 0.25) is 0 Å². The standard InChI is InChI=1S/C16H20N2O/c1-10-3-2-4-14-16(10)18-15(19-14)9-11-7-12-5-6-13(8-11)17-12/h2-4,11-13,17H,5-9H2,1H3. The third-order valence-corrected chi connectivity index (χ3v) is 4.70. The first-order valence-corrected chi connectivity index (χ1v) is 7.39. The van der Waals surface area contributed by atoms with Crippen molar-refractivity contribution in [2.45, 2.75) is 51.1 Å². The van der Waals surface area contributed by atoms with E-state index in [1.807, 2.05) is 12.1 Å². The van der Waals surface area contributed by atoms with Crippen molar-refractivity contribution < 1.29 is 4.42 Å². The Morgan fingerprint density at radius 2 is 2.05 bits per heavy atom. The average Bonchev–Trinajstić information content (AvgIpc) is 2.94. The van der Waals surface area contributed by atoms with Gasteiger partial charge in [0, 0.05) is 18.5 Å². The van der Waals surface area contributed by atoms with E-state index in [-0.39, 0.29) is 0 Å². The Morgan fingerprint density at radius 1 is 1.26 bits per heavy atom. The van der Waals surface area contributed by atoms with E-state index in [2.05, 4.69) is 23.3 Å². The highest BCUT2D eigenvalue weighted by Gasteiger charge is 2.33. The zero-order valence-corrected chi connectivity index (χ0v) is 11.4. The third kappa shape index (κ3) is 2.06. The molecule has 0 saturated carbocycles. The number of rotatable bonds is 2. The Kier molecular flexibility index (Phi) is 2.62. The van der Waals surface area contributed by atoms with Gasteiger partial charge in [-0.1, -0.05) is 12.1 Å². The average molecular weight is 256 g/mol. The Balaban J connectivity index is 1.56. The van der Waals surface area contributed by atoms with Crippen LogP contribution >= 0.6 is 0 Å². The minimum Gasteiger partial charge on any atom is -0.441 e. The lowest BCUT2D eigenvalue weighted by Gasteiger charge is -2.28. The van der Waals surface area contributed by atoms with Crippen LogP contribution in [0.3, 0.4) is 0 Å². The molecule has 1 N–H and O–H groups in total. The first-order valence-electron chi connectivity index (χ1n) is 7.39. The maximum absolute atomic E-state index is 5.91. The molecule has 19 heavy (non-hydrogen) atoms. The van der Waals surface area contributed by atoms with Crippen molar-refractivity contribution in [3.8, 4) is 0 Å². The first-order chi connectivity index (χ1) is 9.28. The van der Waals surface area contributed by atoms with Gasteiger partial charge in [-0.2, -0.15) is 0 Å². The highest BCUT2D eigenvalue weighted by Crippen LogP contribution is 2.33. The summed E-state index contributed by atoms with van der Waals surface area (Å²) < 4.78 is 5.91. The molecule has 3 heteroatoms. The number of oxazole rings is 1. The molecular weight excluding hydrogens is 236 g/mol. The van der Waals surface area contributed by atoms with Crippen LogP contribution in [0.15, 0.2) is 22.6 Å². The maximum atomic E-state index is 5.91. The lowest BCUT2D eigenvalue weighted by molar-refractivity contribution is 0.284. The van der Waals surface area contributed by atoms with Crippen LogP contribution < -0.4 is 5.32 Å². The molecule has 1 aromatic heterocycles. The van der Waals surface area contributed by atoms with E-state index in [0.29, 0.717) is 0 Å². The molecule has 3 heterocycles. The normalized spacial score (nSPS) is 30.1. The number of fused-ring (bicyclic) bond motifs is 3. The highest BCUT2D eigenvalue weighted by molar-refractivity contribution is 5.76. The second-order valence-corrected chi connectivity index (χ2v) is 6.21. The molecule has 0 spiro atoms. The van der Waals surface area contributed by atoms with Gasteiger partial charge < -0.3 is 9.73 Å². The van der Waals surface area contributed by atoms with E-state index in [1.54, 1.807) is 0 Å². The molecule has 3 nitrogen and oxygen atoms in total. The Morgan fingerprint density at radius 3 is 2.79 bits per heavy atom. The molecule has 100 valence electrons. The number of hydrogen-bond acceptors (Lipinski definition) is 3. The molecule has 0 aliphatic carbocycles. The highest BCUT2D eigenvalue weighted by atomic mass is 16.3. The number of aromatic nitrogens is 1. The van der Waals surface area contributed by atoms with Crippen LogP contribution in [-0.4, -0.2) is 17.1 Å². The number of benzene rings is 1. The predicted octanol–water partition coefficient (Wildman–Crippen LogP) is 3.21. The molecule has 4 rings (SSSR count). The molecule has 2 bridgehead atoms. The van der Waals surface area contributed by atoms with E-state index in [9.17, 15) is 0 Å². The molecule has 2 aliphatic heterocycles. The van der Waals surface area contributed by atoms with E-state index in [0.717, 1.165) is 41.4 Å². The van der Waals surface area contributed by atoms with Crippen molar-refractivity contribution in [1.82, 2.24) is 10.3 Å². The maximum Gasteiger partial charge on any atom is 0.195 e. The Bertz CT molecular complexity index is 592. The molecular formula is C16H20N2O. The predicted molar refractivity (Wildman–Crippen MR) is 75.1 cm³/mol. The largest absolute Gasteiger partial charge is 0.441 e. The van der Waals surface area contributed by atoms with Gasteiger partial charge in [0.1, 0.15) is 5.52 Å². The van der Waals surface area contributed by atoms with Gasteiger partial charge in [0.05, 0.1) is 0 Å². The molecule has 2 aliphatic rings. The minimum absolute atomic E-state index is 0.743. The second-order valence-electron chi connectivity index (χ2n) is 6.21. The van der Waals surface area contributed by atoms with Gasteiger partial charge >= 0.3 is 0 Å². The Labute approximate surface area is 113 Å². The number of piperidine rings is 1. The third-order valence-electron chi connectivity index (χ3n) is 4.70. The zero-order valence-electron chi connectivity index (χ0n) is 11.4. The van der Waals surface area contributed by atoms with Crippen molar-refractivity contribution in [1.29, 1.82) is 0 Å². The Hall–Kier alpha value is -1.35. The molecule has 0 amide bonds. The van der Waals surface area contributed by atoms with Crippen LogP contribution in [0, 0.1) is 12.8 Å². The summed E-state index contributed by atoms with van der Waals surface area (Å²) in [4.78, 5) is 4.69. The number of aryl methyl sites for hydroxylation is 1. The van der Waals surface area contributed by atoms with E-state index in [1.165, 1.54) is 31.2 Å². The first kappa shape index (κ1) is 11.5.